The van der Waals surface area contributed by atoms with Crippen molar-refractivity contribution in [2.45, 2.75) is 57.5 Å². The molecule has 3 heterocycles. The quantitative estimate of drug-likeness (QED) is 0.342. The predicted octanol–water partition coefficient (Wildman–Crippen LogP) is 5.05. The van der Waals surface area contributed by atoms with Crippen molar-refractivity contribution in [2.75, 3.05) is 11.9 Å². The maximum atomic E-state index is 14.5. The van der Waals surface area contributed by atoms with Gasteiger partial charge >= 0.3 is 0 Å². The number of anilines is 1. The molecule has 0 radical (unpaired) electrons. The molecule has 3 atom stereocenters. The molecule has 8 nitrogen and oxygen atoms in total. The van der Waals surface area contributed by atoms with Crippen molar-refractivity contribution in [3.05, 3.63) is 77.6 Å². The SMILES string of the molecule is CC[C@H](O)CNc1ncc(-c2cncc([C@@]34CC[C@@H](c5cc(-c6c(F)cccc6F)nnc53)C4(C)C)n2)cn1. The molecule has 1 aromatic carbocycles. The van der Waals surface area contributed by atoms with Crippen LogP contribution < -0.4 is 5.32 Å². The van der Waals surface area contributed by atoms with Gasteiger partial charge in [-0.3, -0.25) is 4.98 Å². The lowest BCUT2D eigenvalue weighted by Crippen LogP contribution is -2.38. The topological polar surface area (TPSA) is 110 Å². The fraction of sp³-hybridized carbons (Fsp3) is 0.379. The van der Waals surface area contributed by atoms with E-state index >= 15 is 0 Å². The number of aliphatic hydroxyl groups is 1. The summed E-state index contributed by atoms with van der Waals surface area (Å²) in [5.74, 6) is -0.764. The number of benzene rings is 1. The van der Waals surface area contributed by atoms with Crippen LogP contribution in [0.4, 0.5) is 14.7 Å². The number of hydrogen-bond acceptors (Lipinski definition) is 8. The van der Waals surface area contributed by atoms with Gasteiger partial charge in [-0.25, -0.2) is 23.7 Å². The van der Waals surface area contributed by atoms with E-state index in [2.05, 4.69) is 44.3 Å². The molecule has 3 aromatic heterocycles. The van der Waals surface area contributed by atoms with Gasteiger partial charge in [0.05, 0.1) is 46.1 Å². The van der Waals surface area contributed by atoms with E-state index in [9.17, 15) is 13.9 Å². The van der Waals surface area contributed by atoms with Crippen LogP contribution in [0.1, 0.15) is 62.9 Å². The van der Waals surface area contributed by atoms with Crippen LogP contribution in [0.3, 0.4) is 0 Å². The fourth-order valence-electron chi connectivity index (χ4n) is 6.37. The molecule has 0 saturated heterocycles. The predicted molar refractivity (Wildman–Crippen MR) is 142 cm³/mol. The highest BCUT2D eigenvalue weighted by Crippen LogP contribution is 2.69. The van der Waals surface area contributed by atoms with E-state index in [4.69, 9.17) is 4.98 Å². The van der Waals surface area contributed by atoms with Crippen LogP contribution in [0.2, 0.25) is 0 Å². The molecule has 10 heteroatoms. The zero-order valence-electron chi connectivity index (χ0n) is 22.0. The molecule has 0 spiro atoms. The van der Waals surface area contributed by atoms with Crippen LogP contribution in [0.25, 0.3) is 22.5 Å². The maximum Gasteiger partial charge on any atom is 0.222 e. The number of nitrogens with zero attached hydrogens (tertiary/aromatic N) is 6. The third-order valence-electron chi connectivity index (χ3n) is 8.59. The summed E-state index contributed by atoms with van der Waals surface area (Å²) in [7, 11) is 0. The van der Waals surface area contributed by atoms with Crippen molar-refractivity contribution in [1.82, 2.24) is 30.1 Å². The Kier molecular flexibility index (Phi) is 6.10. The number of nitrogens with one attached hydrogen (secondary N) is 1. The van der Waals surface area contributed by atoms with E-state index in [0.29, 0.717) is 30.2 Å². The highest BCUT2D eigenvalue weighted by atomic mass is 19.1. The molecule has 2 bridgehead atoms. The number of fused-ring (bicyclic) bond motifs is 5. The first kappa shape index (κ1) is 25.4. The van der Waals surface area contributed by atoms with E-state index in [1.807, 2.05) is 6.92 Å². The van der Waals surface area contributed by atoms with Gasteiger partial charge in [0.25, 0.3) is 0 Å². The Morgan fingerprint density at radius 1 is 1.05 bits per heavy atom. The highest BCUT2D eigenvalue weighted by Gasteiger charge is 2.65. The minimum absolute atomic E-state index is 0.134. The van der Waals surface area contributed by atoms with E-state index in [1.165, 1.54) is 18.2 Å². The second-order valence-electron chi connectivity index (χ2n) is 10.9. The van der Waals surface area contributed by atoms with E-state index in [-0.39, 0.29) is 22.6 Å². The molecule has 1 fully saturated rings. The van der Waals surface area contributed by atoms with Crippen LogP contribution in [0.5, 0.6) is 0 Å². The molecule has 1 saturated carbocycles. The summed E-state index contributed by atoms with van der Waals surface area (Å²) in [6.07, 6.45) is 8.70. The van der Waals surface area contributed by atoms with E-state index in [1.54, 1.807) is 30.9 Å². The second-order valence-corrected chi connectivity index (χ2v) is 10.9. The smallest absolute Gasteiger partial charge is 0.222 e. The highest BCUT2D eigenvalue weighted by molar-refractivity contribution is 5.64. The summed E-state index contributed by atoms with van der Waals surface area (Å²) in [6.45, 7) is 6.66. The molecule has 0 unspecified atom stereocenters. The van der Waals surface area contributed by atoms with Crippen LogP contribution in [-0.2, 0) is 5.41 Å². The van der Waals surface area contributed by atoms with Gasteiger partial charge in [-0.15, -0.1) is 5.10 Å². The Hall–Kier alpha value is -3.92. The number of hydrogen-bond donors (Lipinski definition) is 2. The van der Waals surface area contributed by atoms with Gasteiger partial charge in [-0.05, 0) is 54.4 Å². The maximum absolute atomic E-state index is 14.5. The van der Waals surface area contributed by atoms with Crippen molar-refractivity contribution in [2.24, 2.45) is 5.41 Å². The van der Waals surface area contributed by atoms with Gasteiger partial charge in [-0.1, -0.05) is 26.8 Å². The van der Waals surface area contributed by atoms with Crippen molar-refractivity contribution in [3.63, 3.8) is 0 Å². The number of rotatable bonds is 7. The lowest BCUT2D eigenvalue weighted by molar-refractivity contribution is 0.183. The fourth-order valence-corrected chi connectivity index (χ4v) is 6.37. The first-order valence-electron chi connectivity index (χ1n) is 13.2. The molecule has 2 aliphatic carbocycles. The van der Waals surface area contributed by atoms with Crippen molar-refractivity contribution in [1.29, 1.82) is 0 Å². The summed E-state index contributed by atoms with van der Waals surface area (Å²) in [6, 6.07) is 5.59. The molecule has 6 rings (SSSR count). The second kappa shape index (κ2) is 9.37. The average molecular weight is 530 g/mol. The number of aliphatic hydroxyl groups excluding tert-OH is 1. The molecule has 200 valence electrons. The Morgan fingerprint density at radius 2 is 1.79 bits per heavy atom. The lowest BCUT2D eigenvalue weighted by Gasteiger charge is -2.37. The Bertz CT molecular complexity index is 1530. The minimum atomic E-state index is -0.662. The van der Waals surface area contributed by atoms with Crippen LogP contribution in [0, 0.1) is 17.0 Å². The number of aromatic nitrogens is 6. The molecular weight excluding hydrogens is 500 g/mol. The zero-order valence-corrected chi connectivity index (χ0v) is 22.0. The molecular formula is C29H29F2N7O. The molecule has 0 amide bonds. The first-order chi connectivity index (χ1) is 18.8. The number of halogens is 2. The summed E-state index contributed by atoms with van der Waals surface area (Å²) in [5, 5.41) is 21.7. The van der Waals surface area contributed by atoms with Crippen LogP contribution in [0.15, 0.2) is 49.1 Å². The third kappa shape index (κ3) is 3.88. The molecule has 4 aromatic rings. The monoisotopic (exact) mass is 529 g/mol. The van der Waals surface area contributed by atoms with E-state index in [0.717, 1.165) is 29.8 Å². The summed E-state index contributed by atoms with van der Waals surface area (Å²) >= 11 is 0. The Balaban J connectivity index is 1.38. The van der Waals surface area contributed by atoms with Crippen molar-refractivity contribution in [3.8, 4) is 22.5 Å². The van der Waals surface area contributed by atoms with Gasteiger partial charge in [0.2, 0.25) is 5.95 Å². The van der Waals surface area contributed by atoms with Gasteiger partial charge in [-0.2, -0.15) is 5.10 Å². The first-order valence-corrected chi connectivity index (χ1v) is 13.2. The van der Waals surface area contributed by atoms with Crippen LogP contribution >= 0.6 is 0 Å². The Morgan fingerprint density at radius 3 is 2.51 bits per heavy atom. The minimum Gasteiger partial charge on any atom is -0.391 e. The summed E-state index contributed by atoms with van der Waals surface area (Å²) in [4.78, 5) is 18.3. The largest absolute Gasteiger partial charge is 0.391 e. The van der Waals surface area contributed by atoms with Crippen LogP contribution in [-0.4, -0.2) is 47.9 Å². The normalized spacial score (nSPS) is 21.5. The molecule has 2 aliphatic rings. The molecule has 2 N–H and O–H groups in total. The molecule has 0 aliphatic heterocycles. The van der Waals surface area contributed by atoms with Crippen molar-refractivity contribution >= 4 is 5.95 Å². The van der Waals surface area contributed by atoms with Gasteiger partial charge in [0.15, 0.2) is 0 Å². The van der Waals surface area contributed by atoms with Gasteiger partial charge in [0, 0.05) is 30.7 Å². The third-order valence-corrected chi connectivity index (χ3v) is 8.59. The van der Waals surface area contributed by atoms with E-state index < -0.39 is 23.2 Å². The average Bonchev–Trinajstić information content (AvgIpc) is 3.33. The van der Waals surface area contributed by atoms with Crippen molar-refractivity contribution < 1.29 is 13.9 Å². The standard InChI is InChI=1S/C29H29F2N7O/c1-4-17(39)13-35-27-33-11-16(12-34-27)23-14-32-15-24(36-23)29-9-8-19(28(29,2)3)18-10-22(37-38-26(18)29)25-20(30)6-5-7-21(25)31/h5-7,10-12,14-15,17,19,39H,4,8-9,13H2,1-3H3,(H,33,34,35)/t17-,19-,29-/m0/s1. The van der Waals surface area contributed by atoms with Gasteiger partial charge < -0.3 is 10.4 Å². The summed E-state index contributed by atoms with van der Waals surface area (Å²) < 4.78 is 29.1. The summed E-state index contributed by atoms with van der Waals surface area (Å²) in [5.41, 5.74) is 3.09. The lowest BCUT2D eigenvalue weighted by atomic mass is 9.66. The Labute approximate surface area is 225 Å². The zero-order chi connectivity index (χ0) is 27.4. The van der Waals surface area contributed by atoms with Gasteiger partial charge in [0.1, 0.15) is 11.6 Å². The molecule has 39 heavy (non-hydrogen) atoms.